The molecule has 0 aliphatic rings. The number of ether oxygens (including phenoxy) is 3. The molecular weight excluding hydrogens is 274 g/mol. The van der Waals surface area contributed by atoms with Gasteiger partial charge in [0, 0.05) is 12.1 Å². The van der Waals surface area contributed by atoms with Crippen LogP contribution < -0.4 is 14.2 Å². The molecule has 6 nitrogen and oxygen atoms in total. The summed E-state index contributed by atoms with van der Waals surface area (Å²) in [6, 6.07) is 10.5. The van der Waals surface area contributed by atoms with Crippen LogP contribution in [0.25, 0.3) is 0 Å². The highest BCUT2D eigenvalue weighted by atomic mass is 16.6. The zero-order valence-corrected chi connectivity index (χ0v) is 11.9. The maximum Gasteiger partial charge on any atom is 0.269 e. The molecule has 0 aliphatic heterocycles. The molecule has 0 amide bonds. The summed E-state index contributed by atoms with van der Waals surface area (Å²) < 4.78 is 16.2. The van der Waals surface area contributed by atoms with Gasteiger partial charge in [0.1, 0.15) is 5.75 Å². The smallest absolute Gasteiger partial charge is 0.269 e. The quantitative estimate of drug-likeness (QED) is 0.622. The third kappa shape index (κ3) is 3.05. The summed E-state index contributed by atoms with van der Waals surface area (Å²) in [4.78, 5) is 10.3. The van der Waals surface area contributed by atoms with Crippen LogP contribution in [-0.2, 0) is 0 Å². The minimum Gasteiger partial charge on any atom is -0.493 e. The molecule has 0 aromatic heterocycles. The van der Waals surface area contributed by atoms with Gasteiger partial charge in [0.15, 0.2) is 11.5 Å². The van der Waals surface area contributed by atoms with Gasteiger partial charge >= 0.3 is 0 Å². The van der Waals surface area contributed by atoms with Crippen LogP contribution in [0.3, 0.4) is 0 Å². The first-order valence-electron chi connectivity index (χ1n) is 6.11. The van der Waals surface area contributed by atoms with Crippen LogP contribution in [0, 0.1) is 23.1 Å². The summed E-state index contributed by atoms with van der Waals surface area (Å²) in [7, 11) is 3.02. The monoisotopic (exact) mass is 288 g/mol. The van der Waals surface area contributed by atoms with Crippen molar-refractivity contribution in [1.82, 2.24) is 0 Å². The molecule has 0 aliphatic carbocycles. The molecule has 1 radical (unpaired) electrons. The number of non-ortho nitro benzene ring substituents is 1. The van der Waals surface area contributed by atoms with Gasteiger partial charge in [-0.2, -0.15) is 0 Å². The number of hydrogen-bond acceptors (Lipinski definition) is 5. The van der Waals surface area contributed by atoms with Gasteiger partial charge in [0.05, 0.1) is 19.1 Å². The lowest BCUT2D eigenvalue weighted by Crippen LogP contribution is -1.96. The van der Waals surface area contributed by atoms with Crippen molar-refractivity contribution in [3.8, 4) is 23.0 Å². The van der Waals surface area contributed by atoms with Crippen molar-refractivity contribution in [2.45, 2.75) is 6.92 Å². The fourth-order valence-corrected chi connectivity index (χ4v) is 1.82. The van der Waals surface area contributed by atoms with Crippen LogP contribution >= 0.6 is 0 Å². The summed E-state index contributed by atoms with van der Waals surface area (Å²) in [6.45, 7) is 1.73. The fraction of sp³-hybridized carbons (Fsp3) is 0.200. The Bertz CT molecular complexity index is 647. The topological polar surface area (TPSA) is 70.8 Å². The molecule has 0 atom stereocenters. The number of hydrogen-bond donors (Lipinski definition) is 0. The second-order valence-corrected chi connectivity index (χ2v) is 4.23. The number of rotatable bonds is 5. The van der Waals surface area contributed by atoms with Gasteiger partial charge in [-0.25, -0.2) is 0 Å². The zero-order chi connectivity index (χ0) is 15.4. The second-order valence-electron chi connectivity index (χ2n) is 4.23. The molecule has 0 saturated heterocycles. The van der Waals surface area contributed by atoms with Gasteiger partial charge in [0.2, 0.25) is 5.75 Å². The number of aryl methyl sites for hydroxylation is 1. The van der Waals surface area contributed by atoms with Crippen LogP contribution in [0.2, 0.25) is 0 Å². The number of benzene rings is 2. The van der Waals surface area contributed by atoms with Crippen LogP contribution in [0.15, 0.2) is 30.3 Å². The summed E-state index contributed by atoms with van der Waals surface area (Å²) in [5.74, 6) is 1.82. The Morgan fingerprint density at radius 2 is 1.71 bits per heavy atom. The molecule has 6 heteroatoms. The van der Waals surface area contributed by atoms with Gasteiger partial charge < -0.3 is 14.2 Å². The molecule has 0 spiro atoms. The summed E-state index contributed by atoms with van der Waals surface area (Å²) in [5, 5.41) is 10.7. The van der Waals surface area contributed by atoms with E-state index in [1.165, 1.54) is 26.4 Å². The van der Waals surface area contributed by atoms with Crippen LogP contribution in [0.4, 0.5) is 5.69 Å². The molecule has 0 N–H and O–H groups in total. The number of nitrogens with zero attached hydrogens (tertiary/aromatic N) is 1. The Morgan fingerprint density at radius 3 is 2.19 bits per heavy atom. The van der Waals surface area contributed by atoms with Crippen molar-refractivity contribution >= 4 is 5.69 Å². The Kier molecular flexibility index (Phi) is 4.27. The van der Waals surface area contributed by atoms with E-state index in [4.69, 9.17) is 14.2 Å². The highest BCUT2D eigenvalue weighted by molar-refractivity contribution is 5.54. The molecule has 0 fully saturated rings. The largest absolute Gasteiger partial charge is 0.493 e. The molecule has 2 aromatic carbocycles. The van der Waals surface area contributed by atoms with Gasteiger partial charge in [-0.05, 0) is 36.8 Å². The lowest BCUT2D eigenvalue weighted by Gasteiger charge is -2.14. The fourth-order valence-electron chi connectivity index (χ4n) is 1.82. The van der Waals surface area contributed by atoms with Crippen LogP contribution in [0.1, 0.15) is 5.56 Å². The van der Waals surface area contributed by atoms with E-state index in [0.29, 0.717) is 28.6 Å². The molecule has 0 unspecified atom stereocenters. The van der Waals surface area contributed by atoms with Crippen molar-refractivity contribution < 1.29 is 19.1 Å². The lowest BCUT2D eigenvalue weighted by atomic mass is 10.2. The average Bonchev–Trinajstić information content (AvgIpc) is 2.49. The van der Waals surface area contributed by atoms with E-state index in [1.54, 1.807) is 25.1 Å². The van der Waals surface area contributed by atoms with Crippen molar-refractivity contribution in [3.63, 3.8) is 0 Å². The lowest BCUT2D eigenvalue weighted by molar-refractivity contribution is -0.384. The van der Waals surface area contributed by atoms with E-state index in [0.717, 1.165) is 0 Å². The third-order valence-electron chi connectivity index (χ3n) is 2.90. The van der Waals surface area contributed by atoms with E-state index in [-0.39, 0.29) is 5.69 Å². The molecule has 2 aromatic rings. The Labute approximate surface area is 122 Å². The van der Waals surface area contributed by atoms with Crippen LogP contribution in [-0.4, -0.2) is 19.1 Å². The molecule has 2 rings (SSSR count). The molecule has 21 heavy (non-hydrogen) atoms. The summed E-state index contributed by atoms with van der Waals surface area (Å²) in [5.41, 5.74) is 0.654. The molecule has 0 heterocycles. The van der Waals surface area contributed by atoms with E-state index >= 15 is 0 Å². The Balaban J connectivity index is 2.40. The normalized spacial score (nSPS) is 10.0. The van der Waals surface area contributed by atoms with Gasteiger partial charge in [-0.1, -0.05) is 0 Å². The summed E-state index contributed by atoms with van der Waals surface area (Å²) in [6.07, 6.45) is 0. The average molecular weight is 288 g/mol. The predicted molar refractivity (Wildman–Crippen MR) is 76.3 cm³/mol. The van der Waals surface area contributed by atoms with E-state index in [2.05, 4.69) is 6.07 Å². The molecule has 109 valence electrons. The first kappa shape index (κ1) is 14.6. The van der Waals surface area contributed by atoms with Crippen LogP contribution in [0.5, 0.6) is 23.0 Å². The van der Waals surface area contributed by atoms with Gasteiger partial charge in [0.25, 0.3) is 5.69 Å². The maximum atomic E-state index is 10.7. The standard InChI is InChI=1S/C15H14NO5/c1-10-9-11(16(17)18)7-8-12(10)21-15-13(19-2)5-4-6-14(15)20-3/h5-9H,1-3H3. The van der Waals surface area contributed by atoms with E-state index < -0.39 is 4.92 Å². The SMILES string of the molecule is COc1c[c]cc(OC)c1Oc1ccc([N+](=O)[O-])cc1C. The van der Waals surface area contributed by atoms with E-state index in [9.17, 15) is 10.1 Å². The zero-order valence-electron chi connectivity index (χ0n) is 11.9. The maximum absolute atomic E-state index is 10.7. The van der Waals surface area contributed by atoms with Gasteiger partial charge in [-0.3, -0.25) is 10.1 Å². The molecule has 0 bridgehead atoms. The molecular formula is C15H14NO5. The second kappa shape index (κ2) is 6.13. The predicted octanol–water partition coefficient (Wildman–Crippen LogP) is 3.51. The van der Waals surface area contributed by atoms with Crippen molar-refractivity contribution in [1.29, 1.82) is 0 Å². The third-order valence-corrected chi connectivity index (χ3v) is 2.90. The Hall–Kier alpha value is -2.76. The highest BCUT2D eigenvalue weighted by Crippen LogP contribution is 2.40. The minimum absolute atomic E-state index is 0.0141. The van der Waals surface area contributed by atoms with Gasteiger partial charge in [-0.15, -0.1) is 0 Å². The minimum atomic E-state index is -0.449. The molecule has 0 saturated carbocycles. The highest BCUT2D eigenvalue weighted by Gasteiger charge is 2.15. The van der Waals surface area contributed by atoms with Crippen molar-refractivity contribution in [2.75, 3.05) is 14.2 Å². The Morgan fingerprint density at radius 1 is 1.10 bits per heavy atom. The number of nitro benzene ring substituents is 1. The number of methoxy groups -OCH3 is 2. The van der Waals surface area contributed by atoms with Crippen molar-refractivity contribution in [2.24, 2.45) is 0 Å². The van der Waals surface area contributed by atoms with Crippen molar-refractivity contribution in [3.05, 3.63) is 52.1 Å². The summed E-state index contributed by atoms with van der Waals surface area (Å²) >= 11 is 0. The first-order chi connectivity index (χ1) is 10.1. The van der Waals surface area contributed by atoms with E-state index in [1.807, 2.05) is 0 Å². The number of nitro groups is 1. The first-order valence-corrected chi connectivity index (χ1v) is 6.11.